The van der Waals surface area contributed by atoms with Gasteiger partial charge in [-0.2, -0.15) is 9.49 Å². The fourth-order valence-electron chi connectivity index (χ4n) is 1.23. The number of esters is 1. The largest absolute Gasteiger partial charge is 0.465 e. The van der Waals surface area contributed by atoms with Gasteiger partial charge in [-0.3, -0.25) is 0 Å². The first-order valence-electron chi connectivity index (χ1n) is 3.94. The minimum absolute atomic E-state index is 0.179. The number of hydrogen-bond donors (Lipinski definition) is 0. The summed E-state index contributed by atoms with van der Waals surface area (Å²) in [6.07, 6.45) is 1.46. The van der Waals surface area contributed by atoms with Gasteiger partial charge in [0.2, 0.25) is 5.95 Å². The number of carbonyl (C=O) groups excluding carboxylic acids is 1. The molecule has 0 amide bonds. The van der Waals surface area contributed by atoms with Crippen LogP contribution in [0.4, 0.5) is 4.39 Å². The molecule has 0 aliphatic rings. The number of pyridine rings is 1. The molecule has 0 N–H and O–H groups in total. The van der Waals surface area contributed by atoms with Gasteiger partial charge in [0.15, 0.2) is 0 Å². The van der Waals surface area contributed by atoms with Gasteiger partial charge in [0, 0.05) is 6.07 Å². The molecule has 0 saturated heterocycles. The zero-order valence-corrected chi connectivity index (χ0v) is 7.40. The Hall–Kier alpha value is -1.91. The van der Waals surface area contributed by atoms with Gasteiger partial charge in [0.25, 0.3) is 0 Å². The Morgan fingerprint density at radius 2 is 2.36 bits per heavy atom. The zero-order valence-electron chi connectivity index (χ0n) is 7.40. The maximum Gasteiger partial charge on any atom is 0.338 e. The Balaban J connectivity index is 2.64. The molecule has 0 aromatic carbocycles. The third kappa shape index (κ3) is 1.22. The van der Waals surface area contributed by atoms with E-state index in [4.69, 9.17) is 0 Å². The summed E-state index contributed by atoms with van der Waals surface area (Å²) in [4.78, 5) is 11.1. The van der Waals surface area contributed by atoms with E-state index in [1.165, 1.54) is 19.4 Å². The zero-order chi connectivity index (χ0) is 10.1. The van der Waals surface area contributed by atoms with Crippen LogP contribution in [0.5, 0.6) is 0 Å². The van der Waals surface area contributed by atoms with E-state index in [0.29, 0.717) is 5.52 Å². The highest BCUT2D eigenvalue weighted by atomic mass is 19.1. The number of methoxy groups -OCH3 is 1. The first-order chi connectivity index (χ1) is 6.72. The van der Waals surface area contributed by atoms with Crippen LogP contribution in [0.1, 0.15) is 10.4 Å². The lowest BCUT2D eigenvalue weighted by Gasteiger charge is -2.00. The van der Waals surface area contributed by atoms with Crippen LogP contribution >= 0.6 is 0 Å². The van der Waals surface area contributed by atoms with Gasteiger partial charge in [-0.15, -0.1) is 0 Å². The number of aromatic nitrogens is 2. The maximum atomic E-state index is 13.3. The minimum Gasteiger partial charge on any atom is -0.465 e. The molecule has 14 heavy (non-hydrogen) atoms. The summed E-state index contributed by atoms with van der Waals surface area (Å²) < 4.78 is 18.9. The molecule has 5 heteroatoms. The van der Waals surface area contributed by atoms with E-state index in [0.717, 1.165) is 10.6 Å². The molecule has 2 heterocycles. The molecule has 2 aromatic rings. The Kier molecular flexibility index (Phi) is 1.92. The van der Waals surface area contributed by atoms with Crippen LogP contribution in [-0.2, 0) is 4.74 Å². The van der Waals surface area contributed by atoms with Gasteiger partial charge in [-0.25, -0.2) is 9.31 Å². The summed E-state index contributed by atoms with van der Waals surface area (Å²) >= 11 is 0. The van der Waals surface area contributed by atoms with Gasteiger partial charge in [0.1, 0.15) is 0 Å². The molecular formula is C9H7FN2O2. The molecule has 0 bridgehead atoms. The third-order valence-corrected chi connectivity index (χ3v) is 1.87. The molecule has 4 nitrogen and oxygen atoms in total. The lowest BCUT2D eigenvalue weighted by atomic mass is 10.2. The highest BCUT2D eigenvalue weighted by Crippen LogP contribution is 2.10. The topological polar surface area (TPSA) is 43.6 Å². The van der Waals surface area contributed by atoms with E-state index in [1.807, 2.05) is 0 Å². The molecule has 2 aromatic heterocycles. The molecule has 0 radical (unpaired) electrons. The fourth-order valence-corrected chi connectivity index (χ4v) is 1.23. The SMILES string of the molecule is COC(=O)c1cc(F)n2nccc2c1. The number of rotatable bonds is 1. The lowest BCUT2D eigenvalue weighted by Crippen LogP contribution is -2.04. The van der Waals surface area contributed by atoms with Crippen molar-refractivity contribution in [2.75, 3.05) is 7.11 Å². The lowest BCUT2D eigenvalue weighted by molar-refractivity contribution is 0.0600. The molecule has 0 atom stereocenters. The number of ether oxygens (including phenoxy) is 1. The van der Waals surface area contributed by atoms with Crippen molar-refractivity contribution in [1.82, 2.24) is 9.61 Å². The van der Waals surface area contributed by atoms with Crippen molar-refractivity contribution >= 4 is 11.5 Å². The Bertz CT molecular complexity index is 493. The normalized spacial score (nSPS) is 10.4. The van der Waals surface area contributed by atoms with E-state index in [-0.39, 0.29) is 5.56 Å². The minimum atomic E-state index is -0.590. The molecule has 2 rings (SSSR count). The van der Waals surface area contributed by atoms with Crippen molar-refractivity contribution in [3.63, 3.8) is 0 Å². The van der Waals surface area contributed by atoms with Crippen molar-refractivity contribution < 1.29 is 13.9 Å². The van der Waals surface area contributed by atoms with Gasteiger partial charge >= 0.3 is 5.97 Å². The van der Waals surface area contributed by atoms with E-state index >= 15 is 0 Å². The Morgan fingerprint density at radius 3 is 3.07 bits per heavy atom. The van der Waals surface area contributed by atoms with Crippen molar-refractivity contribution in [2.45, 2.75) is 0 Å². The van der Waals surface area contributed by atoms with Crippen LogP contribution in [0.3, 0.4) is 0 Å². The highest BCUT2D eigenvalue weighted by Gasteiger charge is 2.10. The van der Waals surface area contributed by atoms with Crippen LogP contribution in [0.15, 0.2) is 24.4 Å². The third-order valence-electron chi connectivity index (χ3n) is 1.87. The molecule has 0 saturated carbocycles. The van der Waals surface area contributed by atoms with Crippen molar-refractivity contribution in [1.29, 1.82) is 0 Å². The molecule has 72 valence electrons. The molecule has 0 unspecified atom stereocenters. The van der Waals surface area contributed by atoms with Crippen LogP contribution in [0.25, 0.3) is 5.52 Å². The molecule has 0 fully saturated rings. The number of halogens is 1. The molecule has 0 spiro atoms. The average molecular weight is 194 g/mol. The van der Waals surface area contributed by atoms with E-state index in [9.17, 15) is 9.18 Å². The average Bonchev–Trinajstić information content (AvgIpc) is 2.64. The van der Waals surface area contributed by atoms with Crippen LogP contribution in [0.2, 0.25) is 0 Å². The number of nitrogens with zero attached hydrogens (tertiary/aromatic N) is 2. The first-order valence-corrected chi connectivity index (χ1v) is 3.94. The summed E-state index contributed by atoms with van der Waals surface area (Å²) in [7, 11) is 1.25. The van der Waals surface area contributed by atoms with Gasteiger partial charge in [0.05, 0.1) is 24.4 Å². The van der Waals surface area contributed by atoms with Crippen LogP contribution < -0.4 is 0 Å². The highest BCUT2D eigenvalue weighted by molar-refractivity contribution is 5.90. The second kappa shape index (κ2) is 3.10. The summed E-state index contributed by atoms with van der Waals surface area (Å²) in [5, 5.41) is 3.73. The summed E-state index contributed by atoms with van der Waals surface area (Å²) in [5.74, 6) is -1.15. The predicted molar refractivity (Wildman–Crippen MR) is 46.5 cm³/mol. The van der Waals surface area contributed by atoms with E-state index < -0.39 is 11.9 Å². The first kappa shape index (κ1) is 8.68. The van der Waals surface area contributed by atoms with Crippen molar-refractivity contribution in [2.24, 2.45) is 0 Å². The van der Waals surface area contributed by atoms with E-state index in [1.54, 1.807) is 6.07 Å². The van der Waals surface area contributed by atoms with Gasteiger partial charge < -0.3 is 4.74 Å². The monoisotopic (exact) mass is 194 g/mol. The summed E-state index contributed by atoms with van der Waals surface area (Å²) in [6, 6.07) is 4.21. The van der Waals surface area contributed by atoms with Gasteiger partial charge in [-0.1, -0.05) is 0 Å². The summed E-state index contributed by atoms with van der Waals surface area (Å²) in [5.41, 5.74) is 0.698. The fraction of sp³-hybridized carbons (Fsp3) is 0.111. The van der Waals surface area contributed by atoms with Crippen LogP contribution in [-0.4, -0.2) is 22.7 Å². The molecular weight excluding hydrogens is 187 g/mol. The van der Waals surface area contributed by atoms with Crippen molar-refractivity contribution in [3.8, 4) is 0 Å². The molecule has 0 aliphatic carbocycles. The Labute approximate surface area is 78.9 Å². The van der Waals surface area contributed by atoms with Crippen molar-refractivity contribution in [3.05, 3.63) is 35.9 Å². The second-order valence-corrected chi connectivity index (χ2v) is 2.73. The van der Waals surface area contributed by atoms with Crippen LogP contribution in [0, 0.1) is 5.95 Å². The predicted octanol–water partition coefficient (Wildman–Crippen LogP) is 1.26. The summed E-state index contributed by atoms with van der Waals surface area (Å²) in [6.45, 7) is 0. The smallest absolute Gasteiger partial charge is 0.338 e. The number of hydrogen-bond acceptors (Lipinski definition) is 3. The maximum absolute atomic E-state index is 13.3. The molecule has 0 aliphatic heterocycles. The number of fused-ring (bicyclic) bond motifs is 1. The van der Waals surface area contributed by atoms with Gasteiger partial charge in [-0.05, 0) is 12.1 Å². The Morgan fingerprint density at radius 1 is 1.57 bits per heavy atom. The van der Waals surface area contributed by atoms with E-state index in [2.05, 4.69) is 9.84 Å². The standard InChI is InChI=1S/C9H7FN2O2/c1-14-9(13)6-4-7-2-3-11-12(7)8(10)5-6/h2-5H,1H3. The number of carbonyl (C=O) groups is 1. The second-order valence-electron chi connectivity index (χ2n) is 2.73. The quantitative estimate of drug-likeness (QED) is 0.507.